The van der Waals surface area contributed by atoms with Crippen molar-refractivity contribution < 1.29 is 14.6 Å². The van der Waals surface area contributed by atoms with Crippen LogP contribution in [-0.2, 0) is 21.4 Å². The first-order valence-corrected chi connectivity index (χ1v) is 13.9. The van der Waals surface area contributed by atoms with Crippen molar-refractivity contribution in [2.24, 2.45) is 0 Å². The minimum absolute atomic E-state index is 0.0460. The highest BCUT2D eigenvalue weighted by Crippen LogP contribution is 2.41. The van der Waals surface area contributed by atoms with Crippen molar-refractivity contribution in [3.8, 4) is 0 Å². The maximum atomic E-state index is 11.5. The van der Waals surface area contributed by atoms with E-state index in [4.69, 9.17) is 4.74 Å². The summed E-state index contributed by atoms with van der Waals surface area (Å²) in [6.45, 7) is 15.3. The number of cyclic esters (lactones) is 1. The Balaban J connectivity index is 1.91. The predicted molar refractivity (Wildman–Crippen MR) is 150 cm³/mol. The first-order chi connectivity index (χ1) is 17.1. The van der Waals surface area contributed by atoms with E-state index >= 15 is 0 Å². The summed E-state index contributed by atoms with van der Waals surface area (Å²) in [7, 11) is 0. The number of ether oxygens (including phenoxy) is 1. The Morgan fingerprint density at radius 3 is 2.03 bits per heavy atom. The van der Waals surface area contributed by atoms with Crippen molar-refractivity contribution in [1.82, 2.24) is 0 Å². The lowest BCUT2D eigenvalue weighted by Crippen LogP contribution is -2.27. The SMILES string of the molecule is CCC(O)(C=Cc1ccc(C(CC)(CC)c2cc(C)c(CC[C@@H]3CCC(=O)O3)c(C)c2)cc1C)CC. The zero-order chi connectivity index (χ0) is 26.5. The van der Waals surface area contributed by atoms with Gasteiger partial charge in [0, 0.05) is 11.8 Å². The van der Waals surface area contributed by atoms with Gasteiger partial charge in [-0.1, -0.05) is 70.2 Å². The molecule has 2 aromatic carbocycles. The number of carbonyl (C=O) groups is 1. The fourth-order valence-corrected chi connectivity index (χ4v) is 5.88. The molecule has 3 nitrogen and oxygen atoms in total. The van der Waals surface area contributed by atoms with E-state index in [2.05, 4.69) is 71.0 Å². The van der Waals surface area contributed by atoms with Gasteiger partial charge in [-0.15, -0.1) is 0 Å². The highest BCUT2D eigenvalue weighted by atomic mass is 16.5. The van der Waals surface area contributed by atoms with Gasteiger partial charge in [0.15, 0.2) is 0 Å². The van der Waals surface area contributed by atoms with E-state index in [9.17, 15) is 9.90 Å². The highest BCUT2D eigenvalue weighted by molar-refractivity contribution is 5.71. The molecular weight excluding hydrogens is 444 g/mol. The molecule has 1 aliphatic rings. The first kappa shape index (κ1) is 28.2. The molecule has 0 aromatic heterocycles. The lowest BCUT2D eigenvalue weighted by atomic mass is 9.69. The minimum Gasteiger partial charge on any atom is -0.462 e. The molecule has 3 rings (SSSR count). The summed E-state index contributed by atoms with van der Waals surface area (Å²) in [6, 6.07) is 11.6. The number of aryl methyl sites for hydroxylation is 3. The standard InChI is InChI=1S/C33H46O3/c1-8-32(35,9-2)19-18-26-12-13-27(20-23(26)5)33(10-3,11-4)28-21-24(6)30(25(7)22-28)16-14-29-15-17-31(34)36-29/h12-13,18-22,29,35H,8-11,14-17H2,1-7H3/t29-/m1/s1. The van der Waals surface area contributed by atoms with E-state index in [0.29, 0.717) is 19.3 Å². The number of esters is 1. The van der Waals surface area contributed by atoms with Gasteiger partial charge in [-0.2, -0.15) is 0 Å². The first-order valence-electron chi connectivity index (χ1n) is 13.9. The Labute approximate surface area is 219 Å². The fraction of sp³-hybridized carbons (Fsp3) is 0.545. The molecule has 1 saturated heterocycles. The molecule has 0 amide bonds. The van der Waals surface area contributed by atoms with Crippen LogP contribution in [0.15, 0.2) is 36.4 Å². The van der Waals surface area contributed by atoms with E-state index in [0.717, 1.165) is 37.7 Å². The summed E-state index contributed by atoms with van der Waals surface area (Å²) in [5.41, 5.74) is 8.40. The third-order valence-corrected chi connectivity index (χ3v) is 8.76. The molecule has 1 fully saturated rings. The molecule has 0 aliphatic carbocycles. The van der Waals surface area contributed by atoms with Crippen LogP contribution < -0.4 is 0 Å². The zero-order valence-corrected chi connectivity index (χ0v) is 23.5. The van der Waals surface area contributed by atoms with Crippen LogP contribution in [0.3, 0.4) is 0 Å². The van der Waals surface area contributed by atoms with Crippen molar-refractivity contribution in [3.05, 3.63) is 75.4 Å². The van der Waals surface area contributed by atoms with E-state index in [1.54, 1.807) is 0 Å². The second kappa shape index (κ2) is 11.8. The molecule has 0 bridgehead atoms. The molecule has 0 saturated carbocycles. The number of aliphatic hydroxyl groups is 1. The molecule has 36 heavy (non-hydrogen) atoms. The van der Waals surface area contributed by atoms with Gasteiger partial charge in [0.1, 0.15) is 6.10 Å². The number of hydrogen-bond acceptors (Lipinski definition) is 3. The van der Waals surface area contributed by atoms with E-state index < -0.39 is 5.60 Å². The average molecular weight is 491 g/mol. The van der Waals surface area contributed by atoms with Gasteiger partial charge >= 0.3 is 5.97 Å². The molecule has 0 unspecified atom stereocenters. The summed E-state index contributed by atoms with van der Waals surface area (Å²) in [5, 5.41) is 10.7. The van der Waals surface area contributed by atoms with Gasteiger partial charge in [-0.05, 0) is 105 Å². The Kier molecular flexibility index (Phi) is 9.22. The Bertz CT molecular complexity index is 1060. The Morgan fingerprint density at radius 2 is 1.53 bits per heavy atom. The van der Waals surface area contributed by atoms with Crippen LogP contribution in [-0.4, -0.2) is 22.8 Å². The van der Waals surface area contributed by atoms with Gasteiger partial charge in [0.25, 0.3) is 0 Å². The number of carbonyl (C=O) groups excluding carboxylic acids is 1. The lowest BCUT2D eigenvalue weighted by molar-refractivity contribution is -0.141. The topological polar surface area (TPSA) is 46.5 Å². The largest absolute Gasteiger partial charge is 0.462 e. The maximum Gasteiger partial charge on any atom is 0.306 e. The van der Waals surface area contributed by atoms with Crippen LogP contribution in [0.5, 0.6) is 0 Å². The summed E-state index contributed by atoms with van der Waals surface area (Å²) >= 11 is 0. The molecule has 0 radical (unpaired) electrons. The van der Waals surface area contributed by atoms with Gasteiger partial charge in [-0.3, -0.25) is 4.79 Å². The van der Waals surface area contributed by atoms with Gasteiger partial charge in [0.2, 0.25) is 0 Å². The summed E-state index contributed by atoms with van der Waals surface area (Å²) in [6.07, 6.45) is 10.9. The van der Waals surface area contributed by atoms with Crippen molar-refractivity contribution >= 4 is 12.0 Å². The number of hydrogen-bond donors (Lipinski definition) is 1. The minimum atomic E-state index is -0.738. The van der Waals surface area contributed by atoms with Gasteiger partial charge in [-0.25, -0.2) is 0 Å². The van der Waals surface area contributed by atoms with Crippen molar-refractivity contribution in [3.63, 3.8) is 0 Å². The fourth-order valence-electron chi connectivity index (χ4n) is 5.88. The second-order valence-electron chi connectivity index (χ2n) is 10.8. The van der Waals surface area contributed by atoms with Crippen molar-refractivity contribution in [2.75, 3.05) is 0 Å². The number of rotatable bonds is 11. The van der Waals surface area contributed by atoms with Crippen LogP contribution >= 0.6 is 0 Å². The van der Waals surface area contributed by atoms with Crippen LogP contribution in [0.4, 0.5) is 0 Å². The summed E-state index contributed by atoms with van der Waals surface area (Å²) in [4.78, 5) is 11.5. The Hall–Kier alpha value is -2.39. The molecule has 1 N–H and O–H groups in total. The normalized spacial score (nSPS) is 16.7. The van der Waals surface area contributed by atoms with Crippen LogP contribution in [0.25, 0.3) is 6.08 Å². The monoisotopic (exact) mass is 490 g/mol. The molecule has 1 aliphatic heterocycles. The van der Waals surface area contributed by atoms with Crippen molar-refractivity contribution in [1.29, 1.82) is 0 Å². The molecule has 3 heteroatoms. The summed E-state index contributed by atoms with van der Waals surface area (Å²) < 4.78 is 5.45. The van der Waals surface area contributed by atoms with Crippen LogP contribution in [0.1, 0.15) is 112 Å². The Morgan fingerprint density at radius 1 is 0.917 bits per heavy atom. The molecule has 1 heterocycles. The summed E-state index contributed by atoms with van der Waals surface area (Å²) in [5.74, 6) is -0.0531. The van der Waals surface area contributed by atoms with Gasteiger partial charge < -0.3 is 9.84 Å². The smallest absolute Gasteiger partial charge is 0.306 e. The number of benzene rings is 2. The third kappa shape index (κ3) is 5.94. The molecule has 0 spiro atoms. The molecule has 196 valence electrons. The van der Waals surface area contributed by atoms with Crippen LogP contribution in [0, 0.1) is 20.8 Å². The third-order valence-electron chi connectivity index (χ3n) is 8.76. The second-order valence-corrected chi connectivity index (χ2v) is 10.8. The zero-order valence-electron chi connectivity index (χ0n) is 23.5. The average Bonchev–Trinajstić information content (AvgIpc) is 3.28. The quantitative estimate of drug-likeness (QED) is 0.325. The highest BCUT2D eigenvalue weighted by Gasteiger charge is 2.32. The van der Waals surface area contributed by atoms with Crippen molar-refractivity contribution in [2.45, 2.75) is 117 Å². The molecule has 1 atom stereocenters. The lowest BCUT2D eigenvalue weighted by Gasteiger charge is -2.35. The predicted octanol–water partition coefficient (Wildman–Crippen LogP) is 7.92. The van der Waals surface area contributed by atoms with Gasteiger partial charge in [0.05, 0.1) is 5.60 Å². The molecule has 2 aromatic rings. The van der Waals surface area contributed by atoms with E-state index in [1.165, 1.54) is 33.4 Å². The van der Waals surface area contributed by atoms with E-state index in [-0.39, 0.29) is 17.5 Å². The maximum absolute atomic E-state index is 11.5. The van der Waals surface area contributed by atoms with Crippen LogP contribution in [0.2, 0.25) is 0 Å². The van der Waals surface area contributed by atoms with E-state index in [1.807, 2.05) is 19.9 Å². The molecular formula is C33H46O3.